The van der Waals surface area contributed by atoms with Crippen LogP contribution in [0.15, 0.2) is 30.6 Å². The van der Waals surface area contributed by atoms with Crippen molar-refractivity contribution in [1.82, 2.24) is 9.97 Å². The number of amides is 1. The van der Waals surface area contributed by atoms with Crippen LogP contribution in [0.3, 0.4) is 0 Å². The molecule has 0 aliphatic carbocycles. The van der Waals surface area contributed by atoms with Crippen LogP contribution in [0.4, 0.5) is 11.5 Å². The predicted molar refractivity (Wildman–Crippen MR) is 86.0 cm³/mol. The summed E-state index contributed by atoms with van der Waals surface area (Å²) in [4.78, 5) is 31.1. The second kappa shape index (κ2) is 6.53. The Morgan fingerprint density at radius 2 is 2.08 bits per heavy atom. The largest absolute Gasteiger partial charge is 0.466 e. The lowest BCUT2D eigenvalue weighted by atomic mass is 10.1. The van der Waals surface area contributed by atoms with Gasteiger partial charge < -0.3 is 20.1 Å². The number of hydrogen-bond acceptors (Lipinski definition) is 7. The van der Waals surface area contributed by atoms with E-state index in [-0.39, 0.29) is 24.5 Å². The van der Waals surface area contributed by atoms with Gasteiger partial charge in [0.2, 0.25) is 5.88 Å². The zero-order chi connectivity index (χ0) is 17.1. The SMILES string of the molecule is COC(=O)c1ccc(C(C)Nc2ncnc3c2NC(=O)CO3)cc1. The molecule has 0 fully saturated rings. The van der Waals surface area contributed by atoms with E-state index < -0.39 is 0 Å². The van der Waals surface area contributed by atoms with Gasteiger partial charge in [0, 0.05) is 0 Å². The molecule has 1 unspecified atom stereocenters. The maximum Gasteiger partial charge on any atom is 0.337 e. The zero-order valence-corrected chi connectivity index (χ0v) is 13.2. The molecular weight excluding hydrogens is 312 g/mol. The van der Waals surface area contributed by atoms with Crippen LogP contribution in [-0.4, -0.2) is 35.6 Å². The van der Waals surface area contributed by atoms with Gasteiger partial charge in [-0.05, 0) is 24.6 Å². The minimum atomic E-state index is -0.383. The number of benzene rings is 1. The van der Waals surface area contributed by atoms with Crippen molar-refractivity contribution in [3.05, 3.63) is 41.7 Å². The number of nitrogens with zero attached hydrogens (tertiary/aromatic N) is 2. The van der Waals surface area contributed by atoms with Crippen molar-refractivity contribution < 1.29 is 19.1 Å². The molecule has 2 N–H and O–H groups in total. The molecule has 3 rings (SSSR count). The van der Waals surface area contributed by atoms with Crippen molar-refractivity contribution in [2.75, 3.05) is 24.4 Å². The van der Waals surface area contributed by atoms with Gasteiger partial charge in [0.25, 0.3) is 5.91 Å². The topological polar surface area (TPSA) is 102 Å². The lowest BCUT2D eigenvalue weighted by molar-refractivity contribution is -0.118. The van der Waals surface area contributed by atoms with Crippen LogP contribution in [0.5, 0.6) is 5.88 Å². The Labute approximate surface area is 138 Å². The number of hydrogen-bond donors (Lipinski definition) is 2. The molecule has 8 heteroatoms. The fourth-order valence-electron chi connectivity index (χ4n) is 2.32. The number of methoxy groups -OCH3 is 1. The van der Waals surface area contributed by atoms with Crippen molar-refractivity contribution >= 4 is 23.4 Å². The third kappa shape index (κ3) is 3.12. The summed E-state index contributed by atoms with van der Waals surface area (Å²) in [6, 6.07) is 6.92. The number of anilines is 2. The first-order valence-electron chi connectivity index (χ1n) is 7.31. The molecule has 1 aromatic heterocycles. The normalized spacial score (nSPS) is 14.0. The second-order valence-electron chi connectivity index (χ2n) is 5.22. The van der Waals surface area contributed by atoms with Crippen LogP contribution in [0.2, 0.25) is 0 Å². The molecule has 0 saturated heterocycles. The molecule has 1 atom stereocenters. The molecule has 1 aromatic carbocycles. The van der Waals surface area contributed by atoms with E-state index in [0.717, 1.165) is 5.56 Å². The minimum absolute atomic E-state index is 0.0615. The van der Waals surface area contributed by atoms with Crippen LogP contribution in [0.1, 0.15) is 28.9 Å². The van der Waals surface area contributed by atoms with Crippen LogP contribution in [-0.2, 0) is 9.53 Å². The summed E-state index contributed by atoms with van der Waals surface area (Å²) >= 11 is 0. The highest BCUT2D eigenvalue weighted by molar-refractivity contribution is 5.97. The molecule has 1 aliphatic heterocycles. The van der Waals surface area contributed by atoms with Gasteiger partial charge in [-0.25, -0.2) is 9.78 Å². The molecule has 1 amide bonds. The Hall–Kier alpha value is -3.16. The van der Waals surface area contributed by atoms with E-state index in [0.29, 0.717) is 22.9 Å². The molecule has 0 bridgehead atoms. The predicted octanol–water partition coefficient (Wildman–Crippen LogP) is 1.77. The third-order valence-corrected chi connectivity index (χ3v) is 3.60. The van der Waals surface area contributed by atoms with Crippen molar-refractivity contribution in [3.8, 4) is 5.88 Å². The van der Waals surface area contributed by atoms with Gasteiger partial charge in [0.1, 0.15) is 12.0 Å². The van der Waals surface area contributed by atoms with Gasteiger partial charge >= 0.3 is 5.97 Å². The summed E-state index contributed by atoms with van der Waals surface area (Å²) < 4.78 is 9.94. The van der Waals surface area contributed by atoms with E-state index in [4.69, 9.17) is 4.74 Å². The second-order valence-corrected chi connectivity index (χ2v) is 5.22. The Kier molecular flexibility index (Phi) is 4.28. The Morgan fingerprint density at radius 1 is 1.33 bits per heavy atom. The van der Waals surface area contributed by atoms with E-state index in [1.54, 1.807) is 12.1 Å². The number of carbonyl (C=O) groups excluding carboxylic acids is 2. The van der Waals surface area contributed by atoms with Crippen LogP contribution in [0, 0.1) is 0 Å². The van der Waals surface area contributed by atoms with Crippen molar-refractivity contribution in [2.24, 2.45) is 0 Å². The van der Waals surface area contributed by atoms with Gasteiger partial charge in [0.15, 0.2) is 12.4 Å². The van der Waals surface area contributed by atoms with Gasteiger partial charge in [-0.2, -0.15) is 4.98 Å². The summed E-state index contributed by atoms with van der Waals surface area (Å²) in [6.45, 7) is 1.88. The highest BCUT2D eigenvalue weighted by Crippen LogP contribution is 2.32. The maximum absolute atomic E-state index is 11.5. The first kappa shape index (κ1) is 15.7. The molecule has 0 saturated carbocycles. The molecule has 1 aliphatic rings. The fraction of sp³-hybridized carbons (Fsp3) is 0.250. The summed E-state index contributed by atoms with van der Waals surface area (Å²) in [6.07, 6.45) is 1.37. The number of fused-ring (bicyclic) bond motifs is 1. The molecular formula is C16H16N4O4. The van der Waals surface area contributed by atoms with Gasteiger partial charge in [-0.1, -0.05) is 12.1 Å². The molecule has 0 spiro atoms. The molecule has 24 heavy (non-hydrogen) atoms. The number of aromatic nitrogens is 2. The van der Waals surface area contributed by atoms with Gasteiger partial charge in [-0.15, -0.1) is 0 Å². The van der Waals surface area contributed by atoms with Crippen LogP contribution in [0.25, 0.3) is 0 Å². The Bertz CT molecular complexity index is 776. The zero-order valence-electron chi connectivity index (χ0n) is 13.2. The van der Waals surface area contributed by atoms with Crippen LogP contribution >= 0.6 is 0 Å². The first-order valence-corrected chi connectivity index (χ1v) is 7.31. The van der Waals surface area contributed by atoms with Crippen molar-refractivity contribution in [3.63, 3.8) is 0 Å². The van der Waals surface area contributed by atoms with E-state index in [9.17, 15) is 9.59 Å². The summed E-state index contributed by atoms with van der Waals surface area (Å²) in [5.41, 5.74) is 1.85. The molecule has 8 nitrogen and oxygen atoms in total. The van der Waals surface area contributed by atoms with E-state index >= 15 is 0 Å². The number of nitrogens with one attached hydrogen (secondary N) is 2. The minimum Gasteiger partial charge on any atom is -0.466 e. The average Bonchev–Trinajstić information content (AvgIpc) is 2.61. The molecule has 2 aromatic rings. The summed E-state index contributed by atoms with van der Waals surface area (Å²) in [5.74, 6) is 0.167. The molecule has 2 heterocycles. The number of carbonyl (C=O) groups is 2. The number of esters is 1. The highest BCUT2D eigenvalue weighted by Gasteiger charge is 2.22. The molecule has 124 valence electrons. The van der Waals surface area contributed by atoms with E-state index in [1.165, 1.54) is 13.4 Å². The Morgan fingerprint density at radius 3 is 2.79 bits per heavy atom. The number of ether oxygens (including phenoxy) is 2. The first-order chi connectivity index (χ1) is 11.6. The monoisotopic (exact) mass is 328 g/mol. The van der Waals surface area contributed by atoms with Crippen LogP contribution < -0.4 is 15.4 Å². The van der Waals surface area contributed by atoms with Gasteiger partial charge in [-0.3, -0.25) is 4.79 Å². The lowest BCUT2D eigenvalue weighted by Crippen LogP contribution is -2.27. The standard InChI is InChI=1S/C16H16N4O4/c1-9(10-3-5-11(6-4-10)16(22)23-2)19-14-13-15(18-8-17-14)24-7-12(21)20-13/h3-6,8-9H,7H2,1-2H3,(H,20,21)(H,17,18,19). The lowest BCUT2D eigenvalue weighted by Gasteiger charge is -2.21. The fourth-order valence-corrected chi connectivity index (χ4v) is 2.32. The Balaban J connectivity index is 1.79. The number of rotatable bonds is 4. The van der Waals surface area contributed by atoms with Gasteiger partial charge in [0.05, 0.1) is 18.7 Å². The molecule has 0 radical (unpaired) electrons. The van der Waals surface area contributed by atoms with Crippen molar-refractivity contribution in [2.45, 2.75) is 13.0 Å². The van der Waals surface area contributed by atoms with E-state index in [1.807, 2.05) is 19.1 Å². The maximum atomic E-state index is 11.5. The smallest absolute Gasteiger partial charge is 0.337 e. The van der Waals surface area contributed by atoms with Crippen molar-refractivity contribution in [1.29, 1.82) is 0 Å². The average molecular weight is 328 g/mol. The quantitative estimate of drug-likeness (QED) is 0.824. The third-order valence-electron chi connectivity index (χ3n) is 3.60. The highest BCUT2D eigenvalue weighted by atomic mass is 16.5. The summed E-state index contributed by atoms with van der Waals surface area (Å²) in [5, 5.41) is 5.91. The van der Waals surface area contributed by atoms with E-state index in [2.05, 4.69) is 25.3 Å². The summed E-state index contributed by atoms with van der Waals surface area (Å²) in [7, 11) is 1.34.